The van der Waals surface area contributed by atoms with Gasteiger partial charge in [-0.3, -0.25) is 0 Å². The van der Waals surface area contributed by atoms with E-state index in [2.05, 4.69) is 48.5 Å². The van der Waals surface area contributed by atoms with E-state index in [0.29, 0.717) is 5.92 Å². The average molecular weight is 293 g/mol. The van der Waals surface area contributed by atoms with Crippen LogP contribution in [-0.4, -0.2) is 18.8 Å². The lowest BCUT2D eigenvalue weighted by atomic mass is 9.81. The van der Waals surface area contributed by atoms with E-state index in [1.54, 1.807) is 0 Å². The van der Waals surface area contributed by atoms with E-state index in [1.807, 2.05) is 0 Å². The molecule has 1 fully saturated rings. The van der Waals surface area contributed by atoms with Gasteiger partial charge in [0.1, 0.15) is 0 Å². The minimum atomic E-state index is 0.198. The van der Waals surface area contributed by atoms with Crippen LogP contribution >= 0.6 is 0 Å². The van der Waals surface area contributed by atoms with Gasteiger partial charge in [-0.25, -0.2) is 0 Å². The molecule has 2 nitrogen and oxygen atoms in total. The highest BCUT2D eigenvalue weighted by atomic mass is 16.5. The van der Waals surface area contributed by atoms with Crippen molar-refractivity contribution in [1.82, 2.24) is 0 Å². The number of fused-ring (bicyclic) bond motifs is 2. The highest BCUT2D eigenvalue weighted by molar-refractivity contribution is 5.46. The van der Waals surface area contributed by atoms with Crippen molar-refractivity contribution in [3.8, 4) is 0 Å². The lowest BCUT2D eigenvalue weighted by molar-refractivity contribution is -0.00150. The van der Waals surface area contributed by atoms with Crippen molar-refractivity contribution in [2.24, 2.45) is 5.73 Å². The lowest BCUT2D eigenvalue weighted by Crippen LogP contribution is -2.38. The second-order valence-corrected chi connectivity index (χ2v) is 6.57. The van der Waals surface area contributed by atoms with Gasteiger partial charge in [0.2, 0.25) is 0 Å². The van der Waals surface area contributed by atoms with E-state index in [0.717, 1.165) is 32.3 Å². The summed E-state index contributed by atoms with van der Waals surface area (Å²) in [7, 11) is 0. The Hall–Kier alpha value is -1.64. The van der Waals surface area contributed by atoms with Crippen LogP contribution in [0.25, 0.3) is 0 Å². The third kappa shape index (κ3) is 2.47. The molecule has 0 bridgehead atoms. The van der Waals surface area contributed by atoms with Crippen molar-refractivity contribution >= 4 is 0 Å². The van der Waals surface area contributed by atoms with Crippen LogP contribution in [0.5, 0.6) is 0 Å². The summed E-state index contributed by atoms with van der Waals surface area (Å²) in [6.07, 6.45) is 4.36. The van der Waals surface area contributed by atoms with Crippen LogP contribution in [0.4, 0.5) is 0 Å². The lowest BCUT2D eigenvalue weighted by Gasteiger charge is -2.34. The fourth-order valence-corrected chi connectivity index (χ4v) is 4.06. The second kappa shape index (κ2) is 5.86. The summed E-state index contributed by atoms with van der Waals surface area (Å²) in [6.45, 7) is 0.784. The Morgan fingerprint density at radius 3 is 2.05 bits per heavy atom. The number of hydrogen-bond donors (Lipinski definition) is 1. The molecule has 0 spiro atoms. The monoisotopic (exact) mass is 293 g/mol. The highest BCUT2D eigenvalue weighted by Crippen LogP contribution is 2.39. The highest BCUT2D eigenvalue weighted by Gasteiger charge is 2.33. The Balaban J connectivity index is 1.83. The first kappa shape index (κ1) is 14.0. The number of benzene rings is 2. The van der Waals surface area contributed by atoms with Crippen LogP contribution in [0.1, 0.15) is 41.0 Å². The number of hydrogen-bond acceptors (Lipinski definition) is 2. The minimum Gasteiger partial charge on any atom is -0.377 e. The molecule has 114 valence electrons. The van der Waals surface area contributed by atoms with Crippen molar-refractivity contribution in [3.05, 3.63) is 70.8 Å². The minimum absolute atomic E-state index is 0.198. The number of aryl methyl sites for hydroxylation is 2. The predicted octanol–water partition coefficient (Wildman–Crippen LogP) is 3.42. The van der Waals surface area contributed by atoms with E-state index in [4.69, 9.17) is 10.5 Å². The molecule has 2 heteroatoms. The van der Waals surface area contributed by atoms with Gasteiger partial charge in [-0.15, -0.1) is 0 Å². The van der Waals surface area contributed by atoms with Crippen LogP contribution in [0.2, 0.25) is 0 Å². The zero-order valence-electron chi connectivity index (χ0n) is 12.9. The molecular weight excluding hydrogens is 270 g/mol. The molecule has 1 aliphatic heterocycles. The van der Waals surface area contributed by atoms with Crippen LogP contribution in [0.15, 0.2) is 48.5 Å². The van der Waals surface area contributed by atoms with Gasteiger partial charge < -0.3 is 10.5 Å². The third-order valence-electron chi connectivity index (χ3n) is 5.17. The van der Waals surface area contributed by atoms with Crippen molar-refractivity contribution < 1.29 is 4.74 Å². The quantitative estimate of drug-likeness (QED) is 0.874. The van der Waals surface area contributed by atoms with Crippen molar-refractivity contribution in [2.45, 2.75) is 43.7 Å². The summed E-state index contributed by atoms with van der Waals surface area (Å²) in [4.78, 5) is 0. The third-order valence-corrected chi connectivity index (χ3v) is 5.17. The summed E-state index contributed by atoms with van der Waals surface area (Å²) in [5, 5.41) is 0. The maximum absolute atomic E-state index is 6.23. The van der Waals surface area contributed by atoms with Crippen LogP contribution in [0.3, 0.4) is 0 Å². The van der Waals surface area contributed by atoms with E-state index in [9.17, 15) is 0 Å². The summed E-state index contributed by atoms with van der Waals surface area (Å²) in [5.74, 6) is 0.321. The molecule has 1 saturated heterocycles. The second-order valence-electron chi connectivity index (χ2n) is 6.57. The number of nitrogens with two attached hydrogens (primary N) is 1. The number of ether oxygens (including phenoxy) is 1. The molecule has 0 radical (unpaired) electrons. The zero-order valence-corrected chi connectivity index (χ0v) is 12.9. The van der Waals surface area contributed by atoms with Gasteiger partial charge in [0, 0.05) is 18.6 Å². The summed E-state index contributed by atoms with van der Waals surface area (Å²) >= 11 is 0. The molecule has 1 aliphatic carbocycles. The first-order valence-electron chi connectivity index (χ1n) is 8.35. The molecule has 22 heavy (non-hydrogen) atoms. The van der Waals surface area contributed by atoms with Crippen LogP contribution in [-0.2, 0) is 17.6 Å². The molecule has 0 aromatic heterocycles. The smallest absolute Gasteiger partial charge is 0.0699 e. The standard InChI is InChI=1S/C20H23NO/c21-16-11-12-22-19(13-16)20-17-7-3-1-5-14(17)9-10-15-6-2-4-8-18(15)20/h1-8,16,19-20H,9-13,21H2. The van der Waals surface area contributed by atoms with Crippen molar-refractivity contribution in [3.63, 3.8) is 0 Å². The average Bonchev–Trinajstić information content (AvgIpc) is 2.71. The molecule has 2 aromatic carbocycles. The normalized spacial score (nSPS) is 25.1. The van der Waals surface area contributed by atoms with Gasteiger partial charge in [0.05, 0.1) is 6.10 Å². The molecule has 2 aromatic rings. The molecule has 2 N–H and O–H groups in total. The SMILES string of the molecule is NC1CCOC(C2c3ccccc3CCc3ccccc32)C1. The predicted molar refractivity (Wildman–Crippen MR) is 89.1 cm³/mol. The summed E-state index contributed by atoms with van der Waals surface area (Å²) in [6, 6.07) is 18.0. The van der Waals surface area contributed by atoms with Gasteiger partial charge in [-0.1, -0.05) is 48.5 Å². The van der Waals surface area contributed by atoms with Gasteiger partial charge in [-0.2, -0.15) is 0 Å². The van der Waals surface area contributed by atoms with Gasteiger partial charge in [0.15, 0.2) is 0 Å². The van der Waals surface area contributed by atoms with Gasteiger partial charge >= 0.3 is 0 Å². The largest absolute Gasteiger partial charge is 0.377 e. The Kier molecular flexibility index (Phi) is 3.73. The van der Waals surface area contributed by atoms with Crippen molar-refractivity contribution in [2.75, 3.05) is 6.61 Å². The molecule has 0 saturated carbocycles. The Bertz CT molecular complexity index is 619. The molecule has 2 atom stereocenters. The van der Waals surface area contributed by atoms with E-state index >= 15 is 0 Å². The molecule has 1 heterocycles. The maximum Gasteiger partial charge on any atom is 0.0699 e. The fourth-order valence-electron chi connectivity index (χ4n) is 4.06. The first-order chi connectivity index (χ1) is 10.8. The number of rotatable bonds is 1. The molecule has 4 rings (SSSR count). The molecule has 2 unspecified atom stereocenters. The summed E-state index contributed by atoms with van der Waals surface area (Å²) in [5.41, 5.74) is 12.0. The Morgan fingerprint density at radius 1 is 0.864 bits per heavy atom. The van der Waals surface area contributed by atoms with Crippen molar-refractivity contribution in [1.29, 1.82) is 0 Å². The van der Waals surface area contributed by atoms with Crippen LogP contribution in [0, 0.1) is 0 Å². The van der Waals surface area contributed by atoms with E-state index in [-0.39, 0.29) is 12.1 Å². The topological polar surface area (TPSA) is 35.2 Å². The Labute approximate surface area is 132 Å². The summed E-state index contributed by atoms with van der Waals surface area (Å²) < 4.78 is 6.18. The molecule has 0 amide bonds. The molecular formula is C20H23NO. The van der Waals surface area contributed by atoms with Crippen LogP contribution < -0.4 is 5.73 Å². The Morgan fingerprint density at radius 2 is 1.45 bits per heavy atom. The maximum atomic E-state index is 6.23. The zero-order chi connectivity index (χ0) is 14.9. The van der Waals surface area contributed by atoms with Gasteiger partial charge in [0.25, 0.3) is 0 Å². The van der Waals surface area contributed by atoms with E-state index < -0.39 is 0 Å². The first-order valence-corrected chi connectivity index (χ1v) is 8.35. The van der Waals surface area contributed by atoms with E-state index in [1.165, 1.54) is 22.3 Å². The van der Waals surface area contributed by atoms with Gasteiger partial charge in [-0.05, 0) is 47.9 Å². The fraction of sp³-hybridized carbons (Fsp3) is 0.400. The molecule has 2 aliphatic rings.